The molecule has 2 unspecified atom stereocenters. The minimum Gasteiger partial charge on any atom is -0.400 e. The molecule has 0 aliphatic heterocycles. The lowest BCUT2D eigenvalue weighted by atomic mass is 9.86. The number of unbranched alkanes of at least 4 members (excludes halogenated alkanes) is 13. The van der Waals surface area contributed by atoms with Crippen LogP contribution in [0.2, 0.25) is 6.04 Å². The summed E-state index contributed by atoms with van der Waals surface area (Å²) in [7, 11) is 2.10. The van der Waals surface area contributed by atoms with E-state index in [1.54, 1.807) is 14.2 Å². The van der Waals surface area contributed by atoms with Crippen LogP contribution in [0, 0.1) is 5.92 Å². The van der Waals surface area contributed by atoms with Crippen LogP contribution in [0.1, 0.15) is 130 Å². The predicted molar refractivity (Wildman–Crippen MR) is 139 cm³/mol. The fraction of sp³-hybridized carbons (Fsp3) is 1.00. The summed E-state index contributed by atoms with van der Waals surface area (Å²) in [5.41, 5.74) is 0. The minimum absolute atomic E-state index is 0. The van der Waals surface area contributed by atoms with Gasteiger partial charge in [-0.25, -0.2) is 0 Å². The molecular formula is C25H56ClNO2Si. The lowest BCUT2D eigenvalue weighted by molar-refractivity contribution is 0.273. The van der Waals surface area contributed by atoms with Crippen LogP contribution >= 0.6 is 11.6 Å². The summed E-state index contributed by atoms with van der Waals surface area (Å²) in [6.07, 6.45) is 23.3. The van der Waals surface area contributed by atoms with E-state index >= 15 is 0 Å². The topological polar surface area (TPSA) is 53.5 Å². The van der Waals surface area contributed by atoms with Crippen molar-refractivity contribution in [3.05, 3.63) is 0 Å². The van der Waals surface area contributed by atoms with Gasteiger partial charge in [0.15, 0.2) is 0 Å². The lowest BCUT2D eigenvalue weighted by Gasteiger charge is -2.30. The molecule has 0 aromatic heterocycles. The van der Waals surface area contributed by atoms with Crippen molar-refractivity contribution >= 4 is 20.9 Å². The average molecular weight is 466 g/mol. The van der Waals surface area contributed by atoms with E-state index in [0.717, 1.165) is 18.9 Å². The Labute approximate surface area is 196 Å². The van der Waals surface area contributed by atoms with Crippen LogP contribution in [-0.4, -0.2) is 28.4 Å². The number of hydrogen-bond donors (Lipinski definition) is 1. The Balaban J connectivity index is 0. The van der Waals surface area contributed by atoms with Gasteiger partial charge in [0, 0.05) is 19.1 Å². The molecule has 184 valence electrons. The van der Waals surface area contributed by atoms with Gasteiger partial charge in [0.05, 0.1) is 0 Å². The molecule has 0 aliphatic rings. The number of rotatable bonds is 22. The Morgan fingerprint density at radius 3 is 1.53 bits per heavy atom. The van der Waals surface area contributed by atoms with E-state index in [1.807, 2.05) is 0 Å². The first-order valence-corrected chi connectivity index (χ1v) is 14.9. The maximum absolute atomic E-state index is 6.85. The number of alkyl halides is 1. The fourth-order valence-electron chi connectivity index (χ4n) is 4.14. The minimum atomic E-state index is -1.43. The zero-order chi connectivity index (χ0) is 21.8. The Kier molecular flexibility index (Phi) is 24.5. The van der Waals surface area contributed by atoms with Gasteiger partial charge in [-0.2, -0.15) is 0 Å². The largest absolute Gasteiger partial charge is 0.400 e. The maximum Gasteiger partial charge on any atom is 0.320 e. The van der Waals surface area contributed by atoms with Gasteiger partial charge >= 0.3 is 9.28 Å². The lowest BCUT2D eigenvalue weighted by Crippen LogP contribution is -2.27. The Morgan fingerprint density at radius 2 is 1.13 bits per heavy atom. The van der Waals surface area contributed by atoms with Gasteiger partial charge in [0.1, 0.15) is 0 Å². The van der Waals surface area contributed by atoms with E-state index in [0.29, 0.717) is 5.92 Å². The summed E-state index contributed by atoms with van der Waals surface area (Å²) in [4.78, 5) is -0.0863. The van der Waals surface area contributed by atoms with Crippen LogP contribution < -0.4 is 6.15 Å². The van der Waals surface area contributed by atoms with E-state index in [4.69, 9.17) is 20.5 Å². The zero-order valence-electron chi connectivity index (χ0n) is 21.3. The zero-order valence-corrected chi connectivity index (χ0v) is 23.2. The molecule has 0 saturated carbocycles. The van der Waals surface area contributed by atoms with E-state index in [-0.39, 0.29) is 11.0 Å². The van der Waals surface area contributed by atoms with Crippen molar-refractivity contribution in [2.75, 3.05) is 14.2 Å². The summed E-state index contributed by atoms with van der Waals surface area (Å²) >= 11 is 6.85. The molecule has 0 bridgehead atoms. The molecule has 5 heteroatoms. The van der Waals surface area contributed by atoms with Gasteiger partial charge in [0.2, 0.25) is 0 Å². The number of hydrogen-bond acceptors (Lipinski definition) is 3. The second-order valence-corrected chi connectivity index (χ2v) is 12.6. The molecule has 0 radical (unpaired) electrons. The third-order valence-corrected chi connectivity index (χ3v) is 9.14. The highest BCUT2D eigenvalue weighted by Gasteiger charge is 2.28. The Bertz CT molecular complexity index is 341. The van der Waals surface area contributed by atoms with Gasteiger partial charge in [-0.3, -0.25) is 0 Å². The summed E-state index contributed by atoms with van der Waals surface area (Å²) in [6, 6.07) is 1.06. The van der Waals surface area contributed by atoms with Crippen molar-refractivity contribution in [1.82, 2.24) is 6.15 Å². The van der Waals surface area contributed by atoms with Gasteiger partial charge in [-0.1, -0.05) is 104 Å². The maximum atomic E-state index is 6.85. The first kappa shape index (κ1) is 32.6. The average Bonchev–Trinajstić information content (AvgIpc) is 2.71. The monoisotopic (exact) mass is 465 g/mol. The molecule has 0 fully saturated rings. The van der Waals surface area contributed by atoms with E-state index in [9.17, 15) is 0 Å². The second kappa shape index (κ2) is 22.6. The molecular weight excluding hydrogens is 410 g/mol. The molecule has 0 spiro atoms. The fourth-order valence-corrected chi connectivity index (χ4v) is 5.58. The molecule has 0 amide bonds. The number of halogens is 1. The first-order valence-electron chi connectivity index (χ1n) is 12.7. The standard InChI is InChI=1S/C25H53ClO2Si.H3N/c1-6-7-8-9-10-11-12-13-14-15-16-17-18-19-21-24(2)25(3,26)22-20-23-29(27-4)28-5;/h24,29H,6-23H2,1-5H3;1H3. The summed E-state index contributed by atoms with van der Waals surface area (Å²) in [6.45, 7) is 6.84. The molecule has 0 heterocycles. The second-order valence-electron chi connectivity index (χ2n) is 9.36. The van der Waals surface area contributed by atoms with Crippen LogP contribution in [-0.2, 0) is 8.85 Å². The van der Waals surface area contributed by atoms with Gasteiger partial charge in [-0.15, -0.1) is 11.6 Å². The third-order valence-electron chi connectivity index (χ3n) is 6.65. The van der Waals surface area contributed by atoms with E-state index in [1.165, 1.54) is 96.3 Å². The Morgan fingerprint density at radius 1 is 0.733 bits per heavy atom. The highest BCUT2D eigenvalue weighted by atomic mass is 35.5. The van der Waals surface area contributed by atoms with Crippen molar-refractivity contribution in [3.8, 4) is 0 Å². The van der Waals surface area contributed by atoms with Crippen molar-refractivity contribution < 1.29 is 8.85 Å². The van der Waals surface area contributed by atoms with Crippen LogP contribution in [0.4, 0.5) is 0 Å². The van der Waals surface area contributed by atoms with Crippen LogP contribution in [0.15, 0.2) is 0 Å². The highest BCUT2D eigenvalue weighted by Crippen LogP contribution is 2.34. The van der Waals surface area contributed by atoms with Crippen molar-refractivity contribution in [1.29, 1.82) is 0 Å². The van der Waals surface area contributed by atoms with Gasteiger partial charge in [0.25, 0.3) is 0 Å². The molecule has 3 N–H and O–H groups in total. The molecule has 0 aromatic rings. The first-order chi connectivity index (χ1) is 14.0. The molecule has 0 rings (SSSR count). The predicted octanol–water partition coefficient (Wildman–Crippen LogP) is 8.95. The van der Waals surface area contributed by atoms with Crippen LogP contribution in [0.25, 0.3) is 0 Å². The SMILES string of the molecule is CCCCCCCCCCCCCCCCC(C)C(C)(Cl)CCC[SiH](OC)OC.N. The van der Waals surface area contributed by atoms with E-state index < -0.39 is 9.28 Å². The third kappa shape index (κ3) is 19.1. The molecule has 3 nitrogen and oxygen atoms in total. The highest BCUT2D eigenvalue weighted by molar-refractivity contribution is 6.44. The van der Waals surface area contributed by atoms with E-state index in [2.05, 4.69) is 20.8 Å². The van der Waals surface area contributed by atoms with Crippen molar-refractivity contribution in [2.45, 2.75) is 141 Å². The Hall–Kier alpha value is 0.387. The van der Waals surface area contributed by atoms with Gasteiger partial charge in [-0.05, 0) is 38.1 Å². The summed E-state index contributed by atoms with van der Waals surface area (Å²) in [5.74, 6) is 0.576. The molecule has 2 atom stereocenters. The summed E-state index contributed by atoms with van der Waals surface area (Å²) < 4.78 is 10.8. The molecule has 0 aromatic carbocycles. The van der Waals surface area contributed by atoms with Crippen molar-refractivity contribution in [2.24, 2.45) is 5.92 Å². The summed E-state index contributed by atoms with van der Waals surface area (Å²) in [5, 5.41) is 0. The molecule has 0 aliphatic carbocycles. The van der Waals surface area contributed by atoms with Crippen LogP contribution in [0.5, 0.6) is 0 Å². The molecule has 0 saturated heterocycles. The van der Waals surface area contributed by atoms with Crippen LogP contribution in [0.3, 0.4) is 0 Å². The van der Waals surface area contributed by atoms with Gasteiger partial charge < -0.3 is 15.0 Å². The quantitative estimate of drug-likeness (QED) is 0.0985. The smallest absolute Gasteiger partial charge is 0.320 e. The normalized spacial score (nSPS) is 14.5. The van der Waals surface area contributed by atoms with Crippen molar-refractivity contribution in [3.63, 3.8) is 0 Å². The molecule has 30 heavy (non-hydrogen) atoms.